The van der Waals surface area contributed by atoms with Crippen LogP contribution in [0.4, 0.5) is 5.69 Å². The Morgan fingerprint density at radius 3 is 2.69 bits per heavy atom. The number of sulfone groups is 1. The maximum Gasteiger partial charge on any atom is 0.242 e. The van der Waals surface area contributed by atoms with Gasteiger partial charge in [0, 0.05) is 43.7 Å². The highest BCUT2D eigenvalue weighted by molar-refractivity contribution is 7.90. The van der Waals surface area contributed by atoms with Gasteiger partial charge in [0.1, 0.15) is 21.6 Å². The topological polar surface area (TPSA) is 99.8 Å². The van der Waals surface area contributed by atoms with Crippen LogP contribution in [0.1, 0.15) is 18.4 Å². The van der Waals surface area contributed by atoms with E-state index in [0.717, 1.165) is 24.8 Å². The molecule has 8 nitrogen and oxygen atoms in total. The van der Waals surface area contributed by atoms with Gasteiger partial charge in [0.25, 0.3) is 0 Å². The van der Waals surface area contributed by atoms with E-state index >= 15 is 0 Å². The second-order valence-electron chi connectivity index (χ2n) is 8.78. The number of nitrogens with one attached hydrogen (secondary N) is 3. The van der Waals surface area contributed by atoms with E-state index in [4.69, 9.17) is 40.2 Å². The molecule has 1 saturated heterocycles. The van der Waals surface area contributed by atoms with Gasteiger partial charge in [0.15, 0.2) is 5.11 Å². The minimum atomic E-state index is -3.26. The van der Waals surface area contributed by atoms with Crippen LogP contribution in [-0.4, -0.2) is 68.6 Å². The quantitative estimate of drug-likeness (QED) is 0.372. The average molecular weight is 574 g/mol. The number of amides is 1. The Labute approximate surface area is 227 Å². The van der Waals surface area contributed by atoms with Crippen LogP contribution in [-0.2, 0) is 21.2 Å². The van der Waals surface area contributed by atoms with Gasteiger partial charge in [-0.3, -0.25) is 9.69 Å². The molecular weight excluding hydrogens is 543 g/mol. The summed E-state index contributed by atoms with van der Waals surface area (Å²) in [6, 6.07) is 11.9. The Hall–Kier alpha value is -2.11. The SMILES string of the molecule is COc1cccc(NC(=S)N[C@@H](CCS(C)(=O)=O)C(=O)N[C@@H]2CCN(Cc3ccc(Cl)c(Cl)c3)C2)c1. The summed E-state index contributed by atoms with van der Waals surface area (Å²) in [5.74, 6) is 0.212. The molecule has 1 aliphatic rings. The lowest BCUT2D eigenvalue weighted by molar-refractivity contribution is -0.123. The van der Waals surface area contributed by atoms with Crippen molar-refractivity contribution in [1.29, 1.82) is 0 Å². The lowest BCUT2D eigenvalue weighted by Crippen LogP contribution is -2.51. The highest BCUT2D eigenvalue weighted by Crippen LogP contribution is 2.24. The lowest BCUT2D eigenvalue weighted by atomic mass is 10.2. The fraction of sp³-hybridized carbons (Fsp3) is 0.417. The zero-order valence-corrected chi connectivity index (χ0v) is 23.2. The third-order valence-corrected chi connectivity index (χ3v) is 7.67. The third kappa shape index (κ3) is 9.08. The monoisotopic (exact) mass is 572 g/mol. The van der Waals surface area contributed by atoms with Crippen LogP contribution in [0.25, 0.3) is 0 Å². The van der Waals surface area contributed by atoms with Gasteiger partial charge in [0.2, 0.25) is 5.91 Å². The van der Waals surface area contributed by atoms with Gasteiger partial charge in [-0.05, 0) is 54.9 Å². The first-order valence-electron chi connectivity index (χ1n) is 11.4. The van der Waals surface area contributed by atoms with Crippen molar-refractivity contribution in [2.45, 2.75) is 31.5 Å². The molecule has 0 aliphatic carbocycles. The van der Waals surface area contributed by atoms with Gasteiger partial charge >= 0.3 is 0 Å². The summed E-state index contributed by atoms with van der Waals surface area (Å²) in [6.07, 6.45) is 2.01. The lowest BCUT2D eigenvalue weighted by Gasteiger charge is -2.23. The summed E-state index contributed by atoms with van der Waals surface area (Å²) in [7, 11) is -1.70. The van der Waals surface area contributed by atoms with Crippen molar-refractivity contribution in [2.75, 3.05) is 37.5 Å². The van der Waals surface area contributed by atoms with Crippen LogP contribution in [0.3, 0.4) is 0 Å². The van der Waals surface area contributed by atoms with Crippen molar-refractivity contribution in [2.24, 2.45) is 0 Å². The molecule has 0 saturated carbocycles. The first-order valence-corrected chi connectivity index (χ1v) is 14.6. The standard InChI is InChI=1S/C24H30Cl2N4O4S2/c1-34-19-5-3-4-17(13-19)28-24(35)29-22(9-11-36(2,32)33)23(31)27-18-8-10-30(15-18)14-16-6-7-20(25)21(26)12-16/h3-7,12-13,18,22H,8-11,14-15H2,1-2H3,(H,27,31)(H2,28,29,35)/t18-,22+/m1/s1. The number of nitrogens with zero attached hydrogens (tertiary/aromatic N) is 1. The zero-order valence-electron chi connectivity index (χ0n) is 20.1. The second-order valence-corrected chi connectivity index (χ2v) is 12.3. The summed E-state index contributed by atoms with van der Waals surface area (Å²) in [4.78, 5) is 15.3. The summed E-state index contributed by atoms with van der Waals surface area (Å²) < 4.78 is 28.7. The number of carbonyl (C=O) groups excluding carboxylic acids is 1. The number of halogens is 2. The minimum absolute atomic E-state index is 0.0669. The maximum atomic E-state index is 13.1. The number of carbonyl (C=O) groups is 1. The molecule has 196 valence electrons. The summed E-state index contributed by atoms with van der Waals surface area (Å²) >= 11 is 17.5. The Morgan fingerprint density at radius 2 is 2.00 bits per heavy atom. The Balaban J connectivity index is 1.58. The number of thiocarbonyl (C=S) groups is 1. The van der Waals surface area contributed by atoms with E-state index < -0.39 is 15.9 Å². The van der Waals surface area contributed by atoms with Crippen molar-refractivity contribution >= 4 is 62.0 Å². The van der Waals surface area contributed by atoms with Gasteiger partial charge in [-0.15, -0.1) is 0 Å². The van der Waals surface area contributed by atoms with E-state index in [0.29, 0.717) is 34.6 Å². The fourth-order valence-corrected chi connectivity index (χ4v) is 5.16. The van der Waals surface area contributed by atoms with Crippen molar-refractivity contribution < 1.29 is 17.9 Å². The highest BCUT2D eigenvalue weighted by Gasteiger charge is 2.28. The fourth-order valence-electron chi connectivity index (χ4n) is 3.92. The van der Waals surface area contributed by atoms with Crippen LogP contribution >= 0.6 is 35.4 Å². The van der Waals surface area contributed by atoms with Crippen molar-refractivity contribution in [1.82, 2.24) is 15.5 Å². The summed E-state index contributed by atoms with van der Waals surface area (Å²) in [6.45, 7) is 2.16. The Morgan fingerprint density at radius 1 is 1.22 bits per heavy atom. The Bertz CT molecular complexity index is 1200. The number of benzene rings is 2. The molecule has 12 heteroatoms. The number of hydrogen-bond donors (Lipinski definition) is 3. The molecule has 0 unspecified atom stereocenters. The van der Waals surface area contributed by atoms with Crippen molar-refractivity contribution in [3.05, 3.63) is 58.1 Å². The van der Waals surface area contributed by atoms with Gasteiger partial charge < -0.3 is 20.7 Å². The maximum absolute atomic E-state index is 13.1. The van der Waals surface area contributed by atoms with Crippen LogP contribution in [0.15, 0.2) is 42.5 Å². The second kappa shape index (κ2) is 12.9. The van der Waals surface area contributed by atoms with Gasteiger partial charge in [-0.25, -0.2) is 8.42 Å². The molecule has 0 aromatic heterocycles. The molecule has 2 aromatic carbocycles. The molecular formula is C24H30Cl2N4O4S2. The zero-order chi connectivity index (χ0) is 26.3. The van der Waals surface area contributed by atoms with Crippen LogP contribution < -0.4 is 20.7 Å². The number of anilines is 1. The molecule has 3 rings (SSSR count). The van der Waals surface area contributed by atoms with E-state index in [9.17, 15) is 13.2 Å². The molecule has 0 spiro atoms. The van der Waals surface area contributed by atoms with Crippen LogP contribution in [0, 0.1) is 0 Å². The number of methoxy groups -OCH3 is 1. The molecule has 1 heterocycles. The first-order chi connectivity index (χ1) is 17.0. The summed E-state index contributed by atoms with van der Waals surface area (Å²) in [5, 5.41) is 10.3. The van der Waals surface area contributed by atoms with Crippen LogP contribution in [0.2, 0.25) is 10.0 Å². The van der Waals surface area contributed by atoms with Gasteiger partial charge in [-0.2, -0.15) is 0 Å². The van der Waals surface area contributed by atoms with Gasteiger partial charge in [-0.1, -0.05) is 35.3 Å². The molecule has 36 heavy (non-hydrogen) atoms. The van der Waals surface area contributed by atoms with E-state index in [-0.39, 0.29) is 29.2 Å². The highest BCUT2D eigenvalue weighted by atomic mass is 35.5. The van der Waals surface area contributed by atoms with Crippen LogP contribution in [0.5, 0.6) is 5.75 Å². The number of ether oxygens (including phenoxy) is 1. The number of likely N-dealkylation sites (tertiary alicyclic amines) is 1. The van der Waals surface area contributed by atoms with Crippen molar-refractivity contribution in [3.8, 4) is 5.75 Å². The van der Waals surface area contributed by atoms with E-state index in [1.165, 1.54) is 0 Å². The van der Waals surface area contributed by atoms with E-state index in [2.05, 4.69) is 20.9 Å². The predicted molar refractivity (Wildman–Crippen MR) is 149 cm³/mol. The minimum Gasteiger partial charge on any atom is -0.497 e. The molecule has 0 radical (unpaired) electrons. The molecule has 2 aromatic rings. The first kappa shape index (κ1) is 28.5. The molecule has 2 atom stereocenters. The number of hydrogen-bond acceptors (Lipinski definition) is 6. The molecule has 3 N–H and O–H groups in total. The predicted octanol–water partition coefficient (Wildman–Crippen LogP) is 3.48. The van der Waals surface area contributed by atoms with E-state index in [1.54, 1.807) is 25.3 Å². The molecule has 1 fully saturated rings. The van der Waals surface area contributed by atoms with E-state index in [1.807, 2.05) is 24.3 Å². The molecule has 1 aliphatic heterocycles. The largest absolute Gasteiger partial charge is 0.497 e. The van der Waals surface area contributed by atoms with Crippen molar-refractivity contribution in [3.63, 3.8) is 0 Å². The van der Waals surface area contributed by atoms with Gasteiger partial charge in [0.05, 0.1) is 22.9 Å². The molecule has 0 bridgehead atoms. The smallest absolute Gasteiger partial charge is 0.242 e. The number of rotatable bonds is 10. The third-order valence-electron chi connectivity index (χ3n) is 5.74. The Kier molecular flexibility index (Phi) is 10.2. The average Bonchev–Trinajstić information content (AvgIpc) is 3.25. The summed E-state index contributed by atoms with van der Waals surface area (Å²) in [5.41, 5.74) is 1.72. The molecule has 1 amide bonds. The normalized spacial score (nSPS) is 16.8.